The quantitative estimate of drug-likeness (QED) is 0.889. The number of piperidine rings is 1. The molecule has 0 radical (unpaired) electrons. The standard InChI is InChI=1S/C15H22N2O3/c1-11(5-6-13-4-3-9-20-13)16-15(19)12-7-8-17(2)14(18)10-12/h3-4,9,11-12H,5-8,10H2,1-2H3,(H,16,19)/t11-,12+/m1/s1. The van der Waals surface area contributed by atoms with Gasteiger partial charge in [-0.3, -0.25) is 9.59 Å². The fraction of sp³-hybridized carbons (Fsp3) is 0.600. The van der Waals surface area contributed by atoms with Crippen molar-refractivity contribution in [1.29, 1.82) is 0 Å². The smallest absolute Gasteiger partial charge is 0.223 e. The first-order chi connectivity index (χ1) is 9.56. The Labute approximate surface area is 119 Å². The van der Waals surface area contributed by atoms with E-state index < -0.39 is 0 Å². The zero-order valence-electron chi connectivity index (χ0n) is 12.1. The lowest BCUT2D eigenvalue weighted by Gasteiger charge is -2.28. The Hall–Kier alpha value is -1.78. The molecule has 5 heteroatoms. The third-order valence-corrected chi connectivity index (χ3v) is 3.82. The molecule has 2 amide bonds. The fourth-order valence-corrected chi connectivity index (χ4v) is 2.41. The fourth-order valence-electron chi connectivity index (χ4n) is 2.41. The minimum absolute atomic E-state index is 0.00149. The summed E-state index contributed by atoms with van der Waals surface area (Å²) in [5, 5.41) is 3.00. The van der Waals surface area contributed by atoms with Crippen molar-refractivity contribution in [3.05, 3.63) is 24.2 Å². The number of hydrogen-bond acceptors (Lipinski definition) is 3. The summed E-state index contributed by atoms with van der Waals surface area (Å²) in [6.45, 7) is 2.65. The summed E-state index contributed by atoms with van der Waals surface area (Å²) in [5.41, 5.74) is 0. The molecule has 1 fully saturated rings. The Morgan fingerprint density at radius 2 is 2.40 bits per heavy atom. The number of aryl methyl sites for hydroxylation is 1. The molecule has 1 aromatic heterocycles. The maximum atomic E-state index is 12.1. The lowest BCUT2D eigenvalue weighted by Crippen LogP contribution is -2.44. The average molecular weight is 278 g/mol. The van der Waals surface area contributed by atoms with Gasteiger partial charge in [0.05, 0.1) is 6.26 Å². The molecule has 1 aromatic rings. The van der Waals surface area contributed by atoms with Gasteiger partial charge in [-0.25, -0.2) is 0 Å². The van der Waals surface area contributed by atoms with Crippen LogP contribution in [-0.2, 0) is 16.0 Å². The summed E-state index contributed by atoms with van der Waals surface area (Å²) in [6.07, 6.45) is 4.37. The maximum absolute atomic E-state index is 12.1. The predicted molar refractivity (Wildman–Crippen MR) is 75.0 cm³/mol. The van der Waals surface area contributed by atoms with Crippen molar-refractivity contribution in [3.63, 3.8) is 0 Å². The summed E-state index contributed by atoms with van der Waals surface area (Å²) in [4.78, 5) is 25.4. The van der Waals surface area contributed by atoms with Crippen LogP contribution in [0.3, 0.4) is 0 Å². The molecule has 0 spiro atoms. The first-order valence-electron chi connectivity index (χ1n) is 7.13. The molecule has 110 valence electrons. The van der Waals surface area contributed by atoms with Crippen LogP contribution in [0.15, 0.2) is 22.8 Å². The highest BCUT2D eigenvalue weighted by Crippen LogP contribution is 2.17. The SMILES string of the molecule is C[C@H](CCc1ccco1)NC(=O)[C@H]1CCN(C)C(=O)C1. The number of hydrogen-bond donors (Lipinski definition) is 1. The van der Waals surface area contributed by atoms with Crippen molar-refractivity contribution in [3.8, 4) is 0 Å². The number of furan rings is 1. The van der Waals surface area contributed by atoms with Crippen molar-refractivity contribution in [2.45, 2.75) is 38.6 Å². The Morgan fingerprint density at radius 1 is 1.60 bits per heavy atom. The molecule has 20 heavy (non-hydrogen) atoms. The van der Waals surface area contributed by atoms with E-state index in [2.05, 4.69) is 5.32 Å². The lowest BCUT2D eigenvalue weighted by molar-refractivity contribution is -0.139. The van der Waals surface area contributed by atoms with Crippen LogP contribution in [0.2, 0.25) is 0 Å². The summed E-state index contributed by atoms with van der Waals surface area (Å²) in [6, 6.07) is 3.88. The molecule has 1 saturated heterocycles. The second kappa shape index (κ2) is 6.59. The van der Waals surface area contributed by atoms with Gasteiger partial charge in [-0.1, -0.05) is 0 Å². The van der Waals surface area contributed by atoms with Crippen LogP contribution in [0.1, 0.15) is 31.9 Å². The van der Waals surface area contributed by atoms with E-state index in [1.807, 2.05) is 19.1 Å². The zero-order valence-corrected chi connectivity index (χ0v) is 12.1. The van der Waals surface area contributed by atoms with E-state index in [0.717, 1.165) is 25.0 Å². The normalized spacial score (nSPS) is 20.8. The second-order valence-corrected chi connectivity index (χ2v) is 5.53. The van der Waals surface area contributed by atoms with E-state index in [1.54, 1.807) is 18.2 Å². The molecule has 0 aliphatic carbocycles. The summed E-state index contributed by atoms with van der Waals surface area (Å²) < 4.78 is 5.27. The van der Waals surface area contributed by atoms with E-state index in [9.17, 15) is 9.59 Å². The molecule has 1 N–H and O–H groups in total. The summed E-state index contributed by atoms with van der Waals surface area (Å²) >= 11 is 0. The summed E-state index contributed by atoms with van der Waals surface area (Å²) in [7, 11) is 1.78. The van der Waals surface area contributed by atoms with E-state index >= 15 is 0 Å². The Kier molecular flexibility index (Phi) is 4.82. The number of nitrogens with zero attached hydrogens (tertiary/aromatic N) is 1. The topological polar surface area (TPSA) is 62.6 Å². The van der Waals surface area contributed by atoms with Gasteiger partial charge in [0.15, 0.2) is 0 Å². The molecule has 2 rings (SSSR count). The minimum Gasteiger partial charge on any atom is -0.469 e. The molecule has 0 saturated carbocycles. The maximum Gasteiger partial charge on any atom is 0.223 e. The van der Waals surface area contributed by atoms with Crippen LogP contribution in [0.25, 0.3) is 0 Å². The molecule has 5 nitrogen and oxygen atoms in total. The van der Waals surface area contributed by atoms with Crippen LogP contribution in [0, 0.1) is 5.92 Å². The highest BCUT2D eigenvalue weighted by molar-refractivity contribution is 5.86. The van der Waals surface area contributed by atoms with E-state index in [0.29, 0.717) is 13.0 Å². The number of nitrogens with one attached hydrogen (secondary N) is 1. The first-order valence-corrected chi connectivity index (χ1v) is 7.13. The summed E-state index contributed by atoms with van der Waals surface area (Å²) in [5.74, 6) is 0.809. The minimum atomic E-state index is -0.176. The van der Waals surface area contributed by atoms with Gasteiger partial charge in [0.1, 0.15) is 5.76 Å². The largest absolute Gasteiger partial charge is 0.469 e. The number of rotatable bonds is 5. The number of amides is 2. The van der Waals surface area contributed by atoms with E-state index in [1.165, 1.54) is 0 Å². The van der Waals surface area contributed by atoms with Crippen molar-refractivity contribution in [2.75, 3.05) is 13.6 Å². The van der Waals surface area contributed by atoms with Crippen LogP contribution < -0.4 is 5.32 Å². The van der Waals surface area contributed by atoms with Crippen LogP contribution in [0.4, 0.5) is 0 Å². The van der Waals surface area contributed by atoms with Crippen LogP contribution in [-0.4, -0.2) is 36.3 Å². The molecule has 2 heterocycles. The van der Waals surface area contributed by atoms with Crippen molar-refractivity contribution in [2.24, 2.45) is 5.92 Å². The van der Waals surface area contributed by atoms with Gasteiger partial charge in [0.25, 0.3) is 0 Å². The van der Waals surface area contributed by atoms with Gasteiger partial charge in [0, 0.05) is 38.4 Å². The average Bonchev–Trinajstić information content (AvgIpc) is 2.92. The predicted octanol–water partition coefficient (Wildman–Crippen LogP) is 1.59. The van der Waals surface area contributed by atoms with Gasteiger partial charge in [0.2, 0.25) is 11.8 Å². The van der Waals surface area contributed by atoms with Crippen LogP contribution >= 0.6 is 0 Å². The monoisotopic (exact) mass is 278 g/mol. The number of carbonyl (C=O) groups is 2. The molecule has 1 aliphatic rings. The Balaban J connectivity index is 1.74. The van der Waals surface area contributed by atoms with Gasteiger partial charge in [-0.2, -0.15) is 0 Å². The molecular formula is C15H22N2O3. The molecule has 0 unspecified atom stereocenters. The molecule has 2 atom stereocenters. The molecule has 1 aliphatic heterocycles. The Morgan fingerprint density at radius 3 is 3.05 bits per heavy atom. The third kappa shape index (κ3) is 3.85. The highest BCUT2D eigenvalue weighted by Gasteiger charge is 2.29. The van der Waals surface area contributed by atoms with Gasteiger partial charge in [-0.05, 0) is 31.9 Å². The molecular weight excluding hydrogens is 256 g/mol. The van der Waals surface area contributed by atoms with Crippen LogP contribution in [0.5, 0.6) is 0 Å². The first kappa shape index (κ1) is 14.6. The second-order valence-electron chi connectivity index (χ2n) is 5.53. The molecule has 0 bridgehead atoms. The van der Waals surface area contributed by atoms with E-state index in [4.69, 9.17) is 4.42 Å². The van der Waals surface area contributed by atoms with Crippen molar-refractivity contribution >= 4 is 11.8 Å². The Bertz CT molecular complexity index is 456. The van der Waals surface area contributed by atoms with Gasteiger partial charge < -0.3 is 14.6 Å². The van der Waals surface area contributed by atoms with E-state index in [-0.39, 0.29) is 23.8 Å². The highest BCUT2D eigenvalue weighted by atomic mass is 16.3. The number of likely N-dealkylation sites (tertiary alicyclic amines) is 1. The van der Waals surface area contributed by atoms with Gasteiger partial charge >= 0.3 is 0 Å². The number of carbonyl (C=O) groups excluding carboxylic acids is 2. The van der Waals surface area contributed by atoms with Gasteiger partial charge in [-0.15, -0.1) is 0 Å². The zero-order chi connectivity index (χ0) is 14.5. The lowest BCUT2D eigenvalue weighted by atomic mass is 9.95. The van der Waals surface area contributed by atoms with Crippen molar-refractivity contribution in [1.82, 2.24) is 10.2 Å². The third-order valence-electron chi connectivity index (χ3n) is 3.82. The van der Waals surface area contributed by atoms with Crippen molar-refractivity contribution < 1.29 is 14.0 Å². The molecule has 0 aromatic carbocycles.